The zero-order valence-corrected chi connectivity index (χ0v) is 11.9. The summed E-state index contributed by atoms with van der Waals surface area (Å²) in [7, 11) is 0. The highest BCUT2D eigenvalue weighted by Gasteiger charge is 2.18. The fraction of sp³-hybridized carbons (Fsp3) is 0.467. The summed E-state index contributed by atoms with van der Waals surface area (Å²) in [5.74, 6) is -0.964. The first kappa shape index (κ1) is 16.2. The maximum absolute atomic E-state index is 11.8. The minimum atomic E-state index is -0.949. The molecule has 1 aromatic rings. The Balaban J connectivity index is 2.46. The number of carbonyl (C=O) groups excluding carboxylic acids is 1. The van der Waals surface area contributed by atoms with E-state index in [4.69, 9.17) is 10.8 Å². The largest absolute Gasteiger partial charge is 0.478 e. The Hall–Kier alpha value is -1.88. The second-order valence-electron chi connectivity index (χ2n) is 4.96. The number of nitrogens with two attached hydrogens (primary N) is 1. The first-order chi connectivity index (χ1) is 9.45. The van der Waals surface area contributed by atoms with Crippen LogP contribution in [0.1, 0.15) is 36.2 Å². The highest BCUT2D eigenvalue weighted by molar-refractivity contribution is 5.87. The third-order valence-electron chi connectivity index (χ3n) is 3.45. The lowest BCUT2D eigenvalue weighted by Gasteiger charge is -2.17. The van der Waals surface area contributed by atoms with E-state index in [0.29, 0.717) is 13.0 Å². The van der Waals surface area contributed by atoms with Gasteiger partial charge in [-0.3, -0.25) is 4.79 Å². The Morgan fingerprint density at radius 1 is 1.40 bits per heavy atom. The maximum atomic E-state index is 11.8. The molecule has 110 valence electrons. The summed E-state index contributed by atoms with van der Waals surface area (Å²) in [6.45, 7) is 4.39. The standard InChI is InChI=1S/C15H22N2O3/c1-3-10(2)13(16)14(18)17-8-7-11-5-4-6-12(9-11)15(19)20/h4-6,9-10,13H,3,7-8,16H2,1-2H3,(H,17,18)(H,19,20). The number of carboxylic acid groups (broad SMARTS) is 1. The molecule has 0 saturated carbocycles. The topological polar surface area (TPSA) is 92.4 Å². The molecule has 0 bridgehead atoms. The fourth-order valence-electron chi connectivity index (χ4n) is 1.82. The molecule has 5 nitrogen and oxygen atoms in total. The van der Waals surface area contributed by atoms with Crippen LogP contribution in [-0.4, -0.2) is 29.6 Å². The second kappa shape index (κ2) is 7.65. The lowest BCUT2D eigenvalue weighted by molar-refractivity contribution is -0.123. The Labute approximate surface area is 119 Å². The van der Waals surface area contributed by atoms with Crippen LogP contribution in [0.25, 0.3) is 0 Å². The van der Waals surface area contributed by atoms with Gasteiger partial charge in [-0.1, -0.05) is 32.4 Å². The van der Waals surface area contributed by atoms with Crippen LogP contribution in [-0.2, 0) is 11.2 Å². The molecule has 0 heterocycles. The number of nitrogens with one attached hydrogen (secondary N) is 1. The predicted molar refractivity (Wildman–Crippen MR) is 77.5 cm³/mol. The van der Waals surface area contributed by atoms with Gasteiger partial charge in [0.1, 0.15) is 0 Å². The summed E-state index contributed by atoms with van der Waals surface area (Å²) in [4.78, 5) is 22.6. The zero-order chi connectivity index (χ0) is 15.1. The molecular weight excluding hydrogens is 256 g/mol. The van der Waals surface area contributed by atoms with Crippen molar-refractivity contribution in [2.75, 3.05) is 6.54 Å². The van der Waals surface area contributed by atoms with Crippen molar-refractivity contribution >= 4 is 11.9 Å². The van der Waals surface area contributed by atoms with Crippen molar-refractivity contribution in [3.05, 3.63) is 35.4 Å². The van der Waals surface area contributed by atoms with Gasteiger partial charge in [0.05, 0.1) is 11.6 Å². The van der Waals surface area contributed by atoms with Crippen LogP contribution in [0.15, 0.2) is 24.3 Å². The molecule has 0 aliphatic heterocycles. The molecule has 0 aliphatic carbocycles. The van der Waals surface area contributed by atoms with Gasteiger partial charge in [-0.05, 0) is 30.0 Å². The van der Waals surface area contributed by atoms with Gasteiger partial charge in [0, 0.05) is 6.54 Å². The van der Waals surface area contributed by atoms with Gasteiger partial charge < -0.3 is 16.2 Å². The van der Waals surface area contributed by atoms with Gasteiger partial charge >= 0.3 is 5.97 Å². The molecule has 4 N–H and O–H groups in total. The predicted octanol–water partition coefficient (Wildman–Crippen LogP) is 1.42. The Kier molecular flexibility index (Phi) is 6.18. The smallest absolute Gasteiger partial charge is 0.335 e. The van der Waals surface area contributed by atoms with Crippen molar-refractivity contribution in [1.29, 1.82) is 0 Å². The fourth-order valence-corrected chi connectivity index (χ4v) is 1.82. The molecule has 1 aromatic carbocycles. The molecule has 0 saturated heterocycles. The van der Waals surface area contributed by atoms with Crippen molar-refractivity contribution in [3.63, 3.8) is 0 Å². The molecule has 2 unspecified atom stereocenters. The van der Waals surface area contributed by atoms with E-state index in [9.17, 15) is 9.59 Å². The van der Waals surface area contributed by atoms with Crippen molar-refractivity contribution in [2.45, 2.75) is 32.7 Å². The summed E-state index contributed by atoms with van der Waals surface area (Å²) >= 11 is 0. The average Bonchev–Trinajstić information content (AvgIpc) is 2.45. The van der Waals surface area contributed by atoms with E-state index in [1.807, 2.05) is 19.9 Å². The van der Waals surface area contributed by atoms with E-state index in [1.165, 1.54) is 0 Å². The number of hydrogen-bond acceptors (Lipinski definition) is 3. The van der Waals surface area contributed by atoms with E-state index >= 15 is 0 Å². The summed E-state index contributed by atoms with van der Waals surface area (Å²) < 4.78 is 0. The molecule has 1 rings (SSSR count). The molecule has 0 spiro atoms. The molecular formula is C15H22N2O3. The molecule has 0 aromatic heterocycles. The summed E-state index contributed by atoms with van der Waals surface area (Å²) in [6, 6.07) is 6.20. The van der Waals surface area contributed by atoms with Crippen LogP contribution < -0.4 is 11.1 Å². The van der Waals surface area contributed by atoms with E-state index in [0.717, 1.165) is 12.0 Å². The summed E-state index contributed by atoms with van der Waals surface area (Å²) in [6.07, 6.45) is 1.44. The van der Waals surface area contributed by atoms with E-state index in [2.05, 4.69) is 5.32 Å². The van der Waals surface area contributed by atoms with Crippen molar-refractivity contribution in [1.82, 2.24) is 5.32 Å². The maximum Gasteiger partial charge on any atom is 0.335 e. The Morgan fingerprint density at radius 3 is 2.70 bits per heavy atom. The van der Waals surface area contributed by atoms with Gasteiger partial charge in [-0.25, -0.2) is 4.79 Å². The number of carboxylic acids is 1. The van der Waals surface area contributed by atoms with Gasteiger partial charge in [0.25, 0.3) is 0 Å². The lowest BCUT2D eigenvalue weighted by Crippen LogP contribution is -2.45. The first-order valence-corrected chi connectivity index (χ1v) is 6.81. The van der Waals surface area contributed by atoms with Gasteiger partial charge in [-0.15, -0.1) is 0 Å². The normalized spacial score (nSPS) is 13.6. The second-order valence-corrected chi connectivity index (χ2v) is 4.96. The van der Waals surface area contributed by atoms with Crippen molar-refractivity contribution in [2.24, 2.45) is 11.7 Å². The number of benzene rings is 1. The Morgan fingerprint density at radius 2 is 2.10 bits per heavy atom. The van der Waals surface area contributed by atoms with E-state index in [-0.39, 0.29) is 17.4 Å². The first-order valence-electron chi connectivity index (χ1n) is 6.81. The molecule has 1 amide bonds. The third kappa shape index (κ3) is 4.66. The van der Waals surface area contributed by atoms with Gasteiger partial charge in [0.2, 0.25) is 5.91 Å². The average molecular weight is 278 g/mol. The van der Waals surface area contributed by atoms with Crippen molar-refractivity contribution < 1.29 is 14.7 Å². The number of amides is 1. The minimum Gasteiger partial charge on any atom is -0.478 e. The van der Waals surface area contributed by atoms with Gasteiger partial charge in [-0.2, -0.15) is 0 Å². The van der Waals surface area contributed by atoms with Gasteiger partial charge in [0.15, 0.2) is 0 Å². The SMILES string of the molecule is CCC(C)C(N)C(=O)NCCc1cccc(C(=O)O)c1. The molecule has 0 aliphatic rings. The molecule has 0 radical (unpaired) electrons. The van der Waals surface area contributed by atoms with Crippen molar-refractivity contribution in [3.8, 4) is 0 Å². The van der Waals surface area contributed by atoms with Crippen LogP contribution >= 0.6 is 0 Å². The minimum absolute atomic E-state index is 0.144. The van der Waals surface area contributed by atoms with Crippen LogP contribution in [0.3, 0.4) is 0 Å². The monoisotopic (exact) mass is 278 g/mol. The highest BCUT2D eigenvalue weighted by atomic mass is 16.4. The number of carbonyl (C=O) groups is 2. The quantitative estimate of drug-likeness (QED) is 0.703. The third-order valence-corrected chi connectivity index (χ3v) is 3.45. The summed E-state index contributed by atoms with van der Waals surface area (Å²) in [5.41, 5.74) is 6.96. The lowest BCUT2D eigenvalue weighted by atomic mass is 9.99. The number of rotatable bonds is 7. The molecule has 5 heteroatoms. The zero-order valence-electron chi connectivity index (χ0n) is 11.9. The number of hydrogen-bond donors (Lipinski definition) is 3. The summed E-state index contributed by atoms with van der Waals surface area (Å²) in [5, 5.41) is 11.7. The molecule has 2 atom stereocenters. The Bertz CT molecular complexity index is 474. The van der Waals surface area contributed by atoms with Crippen LogP contribution in [0.5, 0.6) is 0 Å². The van der Waals surface area contributed by atoms with E-state index < -0.39 is 12.0 Å². The number of aromatic carboxylic acids is 1. The highest BCUT2D eigenvalue weighted by Crippen LogP contribution is 2.07. The molecule has 0 fully saturated rings. The van der Waals surface area contributed by atoms with Crippen LogP contribution in [0, 0.1) is 5.92 Å². The molecule has 20 heavy (non-hydrogen) atoms. The van der Waals surface area contributed by atoms with Crippen LogP contribution in [0.4, 0.5) is 0 Å². The van der Waals surface area contributed by atoms with Crippen LogP contribution in [0.2, 0.25) is 0 Å². The van der Waals surface area contributed by atoms with E-state index in [1.54, 1.807) is 18.2 Å².